The molecule has 0 radical (unpaired) electrons. The summed E-state index contributed by atoms with van der Waals surface area (Å²) in [5, 5.41) is 3.61. The van der Waals surface area contributed by atoms with Gasteiger partial charge < -0.3 is 15.0 Å². The fourth-order valence-electron chi connectivity index (χ4n) is 6.75. The Labute approximate surface area is 370 Å². The second-order valence-electron chi connectivity index (χ2n) is 15.3. The van der Waals surface area contributed by atoms with Crippen LogP contribution in [0.5, 0.6) is 0 Å². The van der Waals surface area contributed by atoms with Gasteiger partial charge in [-0.15, -0.1) is 0 Å². The van der Waals surface area contributed by atoms with E-state index in [4.69, 9.17) is 4.74 Å². The summed E-state index contributed by atoms with van der Waals surface area (Å²) in [6.07, 6.45) is 9.39. The molecule has 0 unspecified atom stereocenters. The Bertz CT molecular complexity index is 1940. The zero-order chi connectivity index (χ0) is 42.0. The fourth-order valence-corrected chi connectivity index (χ4v) is 8.90. The van der Waals surface area contributed by atoms with Crippen molar-refractivity contribution in [3.05, 3.63) is 204 Å². The number of rotatable bonds is 22. The van der Waals surface area contributed by atoms with Crippen LogP contribution < -0.4 is 5.32 Å². The first-order valence-electron chi connectivity index (χ1n) is 21.2. The first kappa shape index (κ1) is 46.8. The monoisotopic (exact) mass is 839 g/mol. The normalized spacial score (nSPS) is 13.4. The fraction of sp³-hybridized carbons (Fsp3) is 0.308. The minimum Gasteiger partial charge on any atom is -0.379 e. The molecule has 60 heavy (non-hydrogen) atoms. The van der Waals surface area contributed by atoms with Gasteiger partial charge in [-0.2, -0.15) is 0 Å². The molecule has 0 spiro atoms. The number of hydrogen-bond donors (Lipinski definition) is 1. The van der Waals surface area contributed by atoms with Crippen LogP contribution in [0.4, 0.5) is 0 Å². The van der Waals surface area contributed by atoms with Crippen LogP contribution in [-0.4, -0.2) is 78.4 Å². The number of nitrogens with one attached hydrogen (secondary N) is 1. The lowest BCUT2D eigenvalue weighted by atomic mass is 10.2. The average Bonchev–Trinajstić information content (AvgIpc) is 3.25. The Hall–Kier alpha value is -4.22. The van der Waals surface area contributed by atoms with Gasteiger partial charge in [-0.1, -0.05) is 146 Å². The third kappa shape index (κ3) is 19.0. The minimum atomic E-state index is 0.803. The van der Waals surface area contributed by atoms with Crippen molar-refractivity contribution in [2.75, 3.05) is 60.0 Å². The molecule has 0 amide bonds. The van der Waals surface area contributed by atoms with Crippen molar-refractivity contribution in [2.45, 2.75) is 55.9 Å². The van der Waals surface area contributed by atoms with Gasteiger partial charge in [0, 0.05) is 62.1 Å². The van der Waals surface area contributed by atoms with E-state index in [1.54, 1.807) is 11.9 Å². The second-order valence-corrected chi connectivity index (χ2v) is 17.6. The van der Waals surface area contributed by atoms with E-state index in [-0.39, 0.29) is 0 Å². The van der Waals surface area contributed by atoms with Gasteiger partial charge in [-0.05, 0) is 122 Å². The first-order valence-corrected chi connectivity index (χ1v) is 22.7. The standard InChI is InChI=1S/C29H39N3OS.C23H26N2S/c1-3-4-6-11-26(2)24-32(25-27-12-7-5-8-13-27)34-29-15-9-14-28(22-29)23-30-16-10-17-31-18-20-33-21-19-31;1-24(2)17-22-14-9-15-23(16-22)26-25(18-20-10-5-3-6-11-20)19-21-12-7-4-8-13-21/h3-9,11-15,22,30H,2,10,16-21,23-25H2,1H3;3-16H,17-19H2,1-2H3/b4-3-,11-6-;. The summed E-state index contributed by atoms with van der Waals surface area (Å²) in [6.45, 7) is 17.7. The van der Waals surface area contributed by atoms with Crippen molar-refractivity contribution in [3.63, 3.8) is 0 Å². The van der Waals surface area contributed by atoms with Gasteiger partial charge in [0.05, 0.1) is 13.2 Å². The van der Waals surface area contributed by atoms with Gasteiger partial charge >= 0.3 is 0 Å². The molecule has 1 fully saturated rings. The maximum absolute atomic E-state index is 5.43. The summed E-state index contributed by atoms with van der Waals surface area (Å²) in [5.41, 5.74) is 7.74. The molecule has 316 valence electrons. The van der Waals surface area contributed by atoms with Crippen molar-refractivity contribution in [1.29, 1.82) is 0 Å². The molecule has 0 aromatic heterocycles. The summed E-state index contributed by atoms with van der Waals surface area (Å²) >= 11 is 3.64. The van der Waals surface area contributed by atoms with Gasteiger partial charge in [-0.25, -0.2) is 8.61 Å². The van der Waals surface area contributed by atoms with Crippen LogP contribution >= 0.6 is 23.9 Å². The molecule has 1 N–H and O–H groups in total. The SMILES string of the molecule is C=C(/C=C\C=C/C)CN(Cc1ccccc1)Sc1cccc(CNCCCN2CCOCC2)c1.CN(C)Cc1cccc(SN(Cc2ccccc2)Cc2ccccc2)c1. The summed E-state index contributed by atoms with van der Waals surface area (Å²) in [5.74, 6) is 0. The summed E-state index contributed by atoms with van der Waals surface area (Å²) in [4.78, 5) is 7.24. The number of allylic oxidation sites excluding steroid dienone is 3. The molecular weight excluding hydrogens is 775 g/mol. The summed E-state index contributed by atoms with van der Waals surface area (Å²) in [7, 11) is 4.22. The highest BCUT2D eigenvalue weighted by atomic mass is 32.2. The molecule has 1 heterocycles. The summed E-state index contributed by atoms with van der Waals surface area (Å²) < 4.78 is 10.2. The van der Waals surface area contributed by atoms with Gasteiger partial charge in [0.25, 0.3) is 0 Å². The molecule has 6 nitrogen and oxygen atoms in total. The van der Waals surface area contributed by atoms with Crippen LogP contribution in [0.25, 0.3) is 0 Å². The topological polar surface area (TPSA) is 34.2 Å². The number of ether oxygens (including phenoxy) is 1. The van der Waals surface area contributed by atoms with E-state index in [0.29, 0.717) is 0 Å². The number of benzene rings is 5. The molecule has 1 aliphatic heterocycles. The Morgan fingerprint density at radius 2 is 1.17 bits per heavy atom. The largest absolute Gasteiger partial charge is 0.379 e. The zero-order valence-electron chi connectivity index (χ0n) is 36.0. The molecule has 6 rings (SSSR count). The lowest BCUT2D eigenvalue weighted by Gasteiger charge is -2.26. The highest BCUT2D eigenvalue weighted by Gasteiger charge is 2.13. The highest BCUT2D eigenvalue weighted by molar-refractivity contribution is 7.97. The van der Waals surface area contributed by atoms with Gasteiger partial charge in [-0.3, -0.25) is 4.90 Å². The van der Waals surface area contributed by atoms with Crippen molar-refractivity contribution >= 4 is 23.9 Å². The van der Waals surface area contributed by atoms with E-state index >= 15 is 0 Å². The van der Waals surface area contributed by atoms with Gasteiger partial charge in [0.15, 0.2) is 0 Å². The van der Waals surface area contributed by atoms with Crippen molar-refractivity contribution < 1.29 is 4.74 Å². The molecule has 0 saturated carbocycles. The predicted molar refractivity (Wildman–Crippen MR) is 258 cm³/mol. The van der Waals surface area contributed by atoms with E-state index in [1.807, 2.05) is 31.0 Å². The minimum absolute atomic E-state index is 0.803. The predicted octanol–water partition coefficient (Wildman–Crippen LogP) is 11.2. The van der Waals surface area contributed by atoms with Crippen molar-refractivity contribution in [2.24, 2.45) is 0 Å². The van der Waals surface area contributed by atoms with Crippen LogP contribution in [0, 0.1) is 0 Å². The first-order chi connectivity index (χ1) is 29.4. The van der Waals surface area contributed by atoms with Crippen LogP contribution in [-0.2, 0) is 37.5 Å². The molecule has 5 aromatic carbocycles. The maximum Gasteiger partial charge on any atom is 0.0594 e. The average molecular weight is 840 g/mol. The number of morpholine rings is 1. The lowest BCUT2D eigenvalue weighted by Crippen LogP contribution is -2.37. The van der Waals surface area contributed by atoms with E-state index in [0.717, 1.165) is 84.2 Å². The number of hydrogen-bond acceptors (Lipinski definition) is 8. The molecule has 5 aromatic rings. The molecule has 0 aliphatic carbocycles. The van der Waals surface area contributed by atoms with E-state index < -0.39 is 0 Å². The smallest absolute Gasteiger partial charge is 0.0594 e. The van der Waals surface area contributed by atoms with Crippen LogP contribution in [0.1, 0.15) is 41.2 Å². The quantitative estimate of drug-likeness (QED) is 0.0419. The Morgan fingerprint density at radius 3 is 1.73 bits per heavy atom. The number of nitrogens with zero attached hydrogens (tertiary/aromatic N) is 4. The second kappa shape index (κ2) is 27.6. The van der Waals surface area contributed by atoms with Crippen LogP contribution in [0.2, 0.25) is 0 Å². The summed E-state index contributed by atoms with van der Waals surface area (Å²) in [6, 6.07) is 49.7. The molecule has 1 saturated heterocycles. The zero-order valence-corrected chi connectivity index (χ0v) is 37.6. The van der Waals surface area contributed by atoms with Crippen LogP contribution in [0.15, 0.2) is 186 Å². The van der Waals surface area contributed by atoms with Crippen LogP contribution in [0.3, 0.4) is 0 Å². The van der Waals surface area contributed by atoms with Gasteiger partial charge in [0.2, 0.25) is 0 Å². The third-order valence-electron chi connectivity index (χ3n) is 9.65. The highest BCUT2D eigenvalue weighted by Crippen LogP contribution is 2.29. The Morgan fingerprint density at radius 1 is 0.650 bits per heavy atom. The maximum atomic E-state index is 5.43. The van der Waals surface area contributed by atoms with E-state index in [2.05, 4.69) is 196 Å². The molecule has 0 atom stereocenters. The Balaban J connectivity index is 0.000000236. The lowest BCUT2D eigenvalue weighted by molar-refractivity contribution is 0.0374. The molecular formula is C52H65N5OS2. The molecule has 1 aliphatic rings. The molecule has 0 bridgehead atoms. The molecule has 8 heteroatoms. The van der Waals surface area contributed by atoms with E-state index in [9.17, 15) is 0 Å². The van der Waals surface area contributed by atoms with E-state index in [1.165, 1.54) is 44.0 Å². The van der Waals surface area contributed by atoms with Crippen molar-refractivity contribution in [1.82, 2.24) is 23.7 Å². The van der Waals surface area contributed by atoms with Crippen molar-refractivity contribution in [3.8, 4) is 0 Å². The Kier molecular flexibility index (Phi) is 21.5. The van der Waals surface area contributed by atoms with Gasteiger partial charge in [0.1, 0.15) is 0 Å². The third-order valence-corrected chi connectivity index (χ3v) is 11.6.